The third kappa shape index (κ3) is 4.79. The summed E-state index contributed by atoms with van der Waals surface area (Å²) in [5, 5.41) is 3.02. The lowest BCUT2D eigenvalue weighted by atomic mass is 9.96. The van der Waals surface area contributed by atoms with Gasteiger partial charge >= 0.3 is 12.0 Å². The van der Waals surface area contributed by atoms with Crippen molar-refractivity contribution in [2.45, 2.75) is 19.4 Å². The van der Waals surface area contributed by atoms with E-state index < -0.39 is 0 Å². The lowest BCUT2D eigenvalue weighted by molar-refractivity contribution is -0.125. The second-order valence-electron chi connectivity index (χ2n) is 6.44. The minimum Gasteiger partial charge on any atom is -0.497 e. The van der Waals surface area contributed by atoms with Gasteiger partial charge in [0.15, 0.2) is 0 Å². The molecule has 0 unspecified atom stereocenters. The summed E-state index contributed by atoms with van der Waals surface area (Å²) in [5.74, 6) is 1.31. The monoisotopic (exact) mass is 387 g/mol. The molecule has 1 aromatic carbocycles. The first-order chi connectivity index (χ1) is 13.6. The molecule has 1 fully saturated rings. The number of carbonyl (C=O) groups excluding carboxylic acids is 1. The number of aromatic nitrogens is 3. The molecule has 0 bridgehead atoms. The van der Waals surface area contributed by atoms with E-state index in [0.717, 1.165) is 24.2 Å². The SMILES string of the molecule is COc1cccc(CNC(=O)C2CCN(c3nc(OC)nc(OC)n3)CC2)c1. The molecule has 0 spiro atoms. The number of piperidine rings is 1. The minimum absolute atomic E-state index is 0.0347. The first-order valence-electron chi connectivity index (χ1n) is 9.12. The summed E-state index contributed by atoms with van der Waals surface area (Å²) in [5.41, 5.74) is 1.01. The average Bonchev–Trinajstić information content (AvgIpc) is 2.77. The van der Waals surface area contributed by atoms with E-state index in [1.807, 2.05) is 29.2 Å². The summed E-state index contributed by atoms with van der Waals surface area (Å²) in [7, 11) is 4.62. The van der Waals surface area contributed by atoms with Crippen LogP contribution in [-0.4, -0.2) is 55.3 Å². The quantitative estimate of drug-likeness (QED) is 0.762. The molecular weight excluding hydrogens is 362 g/mol. The zero-order chi connectivity index (χ0) is 19.9. The topological polar surface area (TPSA) is 98.7 Å². The van der Waals surface area contributed by atoms with E-state index in [2.05, 4.69) is 20.3 Å². The van der Waals surface area contributed by atoms with E-state index in [4.69, 9.17) is 14.2 Å². The first kappa shape index (κ1) is 19.7. The van der Waals surface area contributed by atoms with E-state index >= 15 is 0 Å². The molecule has 1 saturated heterocycles. The normalized spacial score (nSPS) is 14.5. The molecule has 28 heavy (non-hydrogen) atoms. The zero-order valence-electron chi connectivity index (χ0n) is 16.3. The Labute approximate surface area is 164 Å². The molecule has 0 saturated carbocycles. The van der Waals surface area contributed by atoms with Gasteiger partial charge in [-0.2, -0.15) is 9.97 Å². The van der Waals surface area contributed by atoms with Crippen molar-refractivity contribution in [1.82, 2.24) is 20.3 Å². The molecule has 2 heterocycles. The van der Waals surface area contributed by atoms with Crippen molar-refractivity contribution >= 4 is 11.9 Å². The number of methoxy groups -OCH3 is 3. The fourth-order valence-electron chi connectivity index (χ4n) is 3.11. The zero-order valence-corrected chi connectivity index (χ0v) is 16.3. The second kappa shape index (κ2) is 9.20. The van der Waals surface area contributed by atoms with Crippen LogP contribution in [0.5, 0.6) is 17.8 Å². The third-order valence-corrected chi connectivity index (χ3v) is 4.70. The molecular formula is C19H25N5O4. The molecule has 0 atom stereocenters. The van der Waals surface area contributed by atoms with Crippen LogP contribution in [0.2, 0.25) is 0 Å². The van der Waals surface area contributed by atoms with Crippen molar-refractivity contribution < 1.29 is 19.0 Å². The minimum atomic E-state index is -0.0347. The van der Waals surface area contributed by atoms with Gasteiger partial charge in [-0.15, -0.1) is 4.98 Å². The van der Waals surface area contributed by atoms with E-state index in [1.165, 1.54) is 14.2 Å². The van der Waals surface area contributed by atoms with Crippen molar-refractivity contribution in [3.05, 3.63) is 29.8 Å². The maximum Gasteiger partial charge on any atom is 0.324 e. The predicted octanol–water partition coefficient (Wildman–Crippen LogP) is 1.43. The van der Waals surface area contributed by atoms with Crippen molar-refractivity contribution in [3.63, 3.8) is 0 Å². The standard InChI is InChI=1S/C19H25N5O4/c1-26-15-6-4-5-13(11-15)12-20-16(25)14-7-9-24(10-8-14)17-21-18(27-2)23-19(22-17)28-3/h4-6,11,14H,7-10,12H2,1-3H3,(H,20,25). The molecule has 9 heteroatoms. The Hall–Kier alpha value is -3.10. The molecule has 9 nitrogen and oxygen atoms in total. The number of ether oxygens (including phenoxy) is 3. The average molecular weight is 387 g/mol. The molecule has 1 aliphatic heterocycles. The molecule has 2 aromatic rings. The van der Waals surface area contributed by atoms with Crippen LogP contribution in [0.4, 0.5) is 5.95 Å². The summed E-state index contributed by atoms with van der Waals surface area (Å²) in [4.78, 5) is 27.1. The van der Waals surface area contributed by atoms with E-state index in [1.54, 1.807) is 7.11 Å². The molecule has 1 amide bonds. The van der Waals surface area contributed by atoms with Gasteiger partial charge in [-0.05, 0) is 30.5 Å². The summed E-state index contributed by atoms with van der Waals surface area (Å²) in [6, 6.07) is 8.10. The number of benzene rings is 1. The van der Waals surface area contributed by atoms with Crippen LogP contribution < -0.4 is 24.4 Å². The number of nitrogens with zero attached hydrogens (tertiary/aromatic N) is 4. The molecule has 0 radical (unpaired) electrons. The second-order valence-corrected chi connectivity index (χ2v) is 6.44. The fraction of sp³-hybridized carbons (Fsp3) is 0.474. The molecule has 1 N–H and O–H groups in total. The molecule has 0 aliphatic carbocycles. The third-order valence-electron chi connectivity index (χ3n) is 4.70. The molecule has 1 aromatic heterocycles. The van der Waals surface area contributed by atoms with Crippen LogP contribution in [0, 0.1) is 5.92 Å². The summed E-state index contributed by atoms with van der Waals surface area (Å²) in [6.07, 6.45) is 1.44. The Kier molecular flexibility index (Phi) is 6.46. The van der Waals surface area contributed by atoms with Crippen molar-refractivity contribution in [2.24, 2.45) is 5.92 Å². The van der Waals surface area contributed by atoms with Crippen LogP contribution in [0.15, 0.2) is 24.3 Å². The van der Waals surface area contributed by atoms with Gasteiger partial charge < -0.3 is 24.4 Å². The van der Waals surface area contributed by atoms with Gasteiger partial charge in [0.05, 0.1) is 21.3 Å². The summed E-state index contributed by atoms with van der Waals surface area (Å²) >= 11 is 0. The maximum absolute atomic E-state index is 12.5. The summed E-state index contributed by atoms with van der Waals surface area (Å²) in [6.45, 7) is 1.83. The number of anilines is 1. The lowest BCUT2D eigenvalue weighted by Crippen LogP contribution is -2.41. The van der Waals surface area contributed by atoms with Crippen molar-refractivity contribution in [2.75, 3.05) is 39.3 Å². The van der Waals surface area contributed by atoms with Crippen LogP contribution in [-0.2, 0) is 11.3 Å². The largest absolute Gasteiger partial charge is 0.497 e. The van der Waals surface area contributed by atoms with Gasteiger partial charge in [0.1, 0.15) is 5.75 Å². The number of nitrogens with one attached hydrogen (secondary N) is 1. The fourth-order valence-corrected chi connectivity index (χ4v) is 3.11. The van der Waals surface area contributed by atoms with E-state index in [0.29, 0.717) is 25.6 Å². The van der Waals surface area contributed by atoms with E-state index in [9.17, 15) is 4.79 Å². The van der Waals surface area contributed by atoms with Gasteiger partial charge in [0.25, 0.3) is 0 Å². The highest BCUT2D eigenvalue weighted by Crippen LogP contribution is 2.23. The smallest absolute Gasteiger partial charge is 0.324 e. The van der Waals surface area contributed by atoms with Crippen LogP contribution in [0.1, 0.15) is 18.4 Å². The highest BCUT2D eigenvalue weighted by molar-refractivity contribution is 5.79. The van der Waals surface area contributed by atoms with Crippen molar-refractivity contribution in [3.8, 4) is 17.8 Å². The number of rotatable bonds is 7. The Morgan fingerprint density at radius 1 is 1.07 bits per heavy atom. The van der Waals surface area contributed by atoms with Gasteiger partial charge in [-0.25, -0.2) is 0 Å². The Bertz CT molecular complexity index is 786. The Balaban J connectivity index is 1.54. The van der Waals surface area contributed by atoms with Crippen LogP contribution in [0.25, 0.3) is 0 Å². The van der Waals surface area contributed by atoms with Crippen molar-refractivity contribution in [1.29, 1.82) is 0 Å². The number of amides is 1. The highest BCUT2D eigenvalue weighted by atomic mass is 16.5. The first-order valence-corrected chi connectivity index (χ1v) is 9.12. The van der Waals surface area contributed by atoms with Gasteiger partial charge in [-0.1, -0.05) is 12.1 Å². The van der Waals surface area contributed by atoms with Gasteiger partial charge in [-0.3, -0.25) is 4.79 Å². The van der Waals surface area contributed by atoms with Gasteiger partial charge in [0.2, 0.25) is 11.9 Å². The van der Waals surface area contributed by atoms with Crippen LogP contribution in [0.3, 0.4) is 0 Å². The van der Waals surface area contributed by atoms with Crippen LogP contribution >= 0.6 is 0 Å². The molecule has 150 valence electrons. The number of carbonyl (C=O) groups is 1. The van der Waals surface area contributed by atoms with Gasteiger partial charge in [0, 0.05) is 25.6 Å². The maximum atomic E-state index is 12.5. The lowest BCUT2D eigenvalue weighted by Gasteiger charge is -2.31. The number of hydrogen-bond donors (Lipinski definition) is 1. The Morgan fingerprint density at radius 2 is 1.75 bits per heavy atom. The highest BCUT2D eigenvalue weighted by Gasteiger charge is 2.27. The summed E-state index contributed by atoms with van der Waals surface area (Å²) < 4.78 is 15.4. The molecule has 3 rings (SSSR count). The van der Waals surface area contributed by atoms with E-state index in [-0.39, 0.29) is 23.8 Å². The number of hydrogen-bond acceptors (Lipinski definition) is 8. The predicted molar refractivity (Wildman–Crippen MR) is 103 cm³/mol. The Morgan fingerprint density at radius 3 is 2.36 bits per heavy atom. The molecule has 1 aliphatic rings.